The summed E-state index contributed by atoms with van der Waals surface area (Å²) in [6, 6.07) is 8.95. The summed E-state index contributed by atoms with van der Waals surface area (Å²) in [5.41, 5.74) is 3.77. The zero-order valence-electron chi connectivity index (χ0n) is 27.9. The van der Waals surface area contributed by atoms with E-state index >= 15 is 0 Å². The van der Waals surface area contributed by atoms with Gasteiger partial charge >= 0.3 is 0 Å². The van der Waals surface area contributed by atoms with Crippen LogP contribution in [0.1, 0.15) is 119 Å². The lowest BCUT2D eigenvalue weighted by molar-refractivity contribution is 0.231. The number of hydrogen-bond acceptors (Lipinski definition) is 6. The first-order valence-electron chi connectivity index (χ1n) is 14.8. The van der Waals surface area contributed by atoms with E-state index in [0.29, 0.717) is 12.4 Å². The summed E-state index contributed by atoms with van der Waals surface area (Å²) >= 11 is 3.72. The Kier molecular flexibility index (Phi) is 9.69. The van der Waals surface area contributed by atoms with E-state index in [1.54, 1.807) is 0 Å². The van der Waals surface area contributed by atoms with E-state index in [0.717, 1.165) is 16.9 Å². The van der Waals surface area contributed by atoms with Crippen LogP contribution in [0.25, 0.3) is 0 Å². The number of hydrogen-bond donors (Lipinski definition) is 2. The van der Waals surface area contributed by atoms with Crippen LogP contribution in [0.3, 0.4) is 0 Å². The average Bonchev–Trinajstić information content (AvgIpc) is 3.54. The van der Waals surface area contributed by atoms with Crippen molar-refractivity contribution in [3.63, 3.8) is 0 Å². The lowest BCUT2D eigenvalue weighted by Crippen LogP contribution is -2.22. The molecule has 230 valence electrons. The van der Waals surface area contributed by atoms with Crippen LogP contribution in [-0.2, 0) is 26.4 Å². The highest BCUT2D eigenvalue weighted by Gasteiger charge is 2.40. The number of aliphatic hydroxyl groups excluding tert-OH is 1. The van der Waals surface area contributed by atoms with E-state index in [9.17, 15) is 10.2 Å². The van der Waals surface area contributed by atoms with Gasteiger partial charge in [-0.3, -0.25) is 0 Å². The van der Waals surface area contributed by atoms with E-state index in [1.807, 2.05) is 23.5 Å². The van der Waals surface area contributed by atoms with Gasteiger partial charge in [-0.1, -0.05) is 83.1 Å². The molecule has 0 bridgehead atoms. The van der Waals surface area contributed by atoms with Crippen LogP contribution in [0, 0.1) is 0 Å². The van der Waals surface area contributed by atoms with Gasteiger partial charge in [-0.2, -0.15) is 0 Å². The number of aromatic hydroxyl groups is 1. The van der Waals surface area contributed by atoms with Gasteiger partial charge in [0.05, 0.1) is 10.7 Å². The summed E-state index contributed by atoms with van der Waals surface area (Å²) in [5.74, 6) is 1.36. The molecule has 6 heteroatoms. The van der Waals surface area contributed by atoms with E-state index in [1.165, 1.54) is 20.9 Å². The molecule has 2 aromatic carbocycles. The highest BCUT2D eigenvalue weighted by atomic mass is 32.2. The van der Waals surface area contributed by atoms with Gasteiger partial charge in [-0.15, -0.1) is 23.5 Å². The largest absolute Gasteiger partial charge is 0.507 e. The zero-order chi connectivity index (χ0) is 31.3. The van der Waals surface area contributed by atoms with Crippen LogP contribution < -0.4 is 4.74 Å². The Morgan fingerprint density at radius 2 is 1.00 bits per heavy atom. The molecule has 0 saturated carbocycles. The second kappa shape index (κ2) is 11.6. The molecule has 3 rings (SSSR count). The summed E-state index contributed by atoms with van der Waals surface area (Å²) in [6.45, 7) is 31.4. The minimum absolute atomic E-state index is 0.0319. The highest BCUT2D eigenvalue weighted by molar-refractivity contribution is 8.18. The Morgan fingerprint density at radius 3 is 1.32 bits per heavy atom. The second-order valence-corrected chi connectivity index (χ2v) is 19.7. The third kappa shape index (κ3) is 8.61. The van der Waals surface area contributed by atoms with Crippen molar-refractivity contribution < 1.29 is 19.7 Å². The van der Waals surface area contributed by atoms with Crippen molar-refractivity contribution >= 4 is 23.5 Å². The van der Waals surface area contributed by atoms with Gasteiger partial charge in [-0.05, 0) is 59.8 Å². The molecule has 2 atom stereocenters. The summed E-state index contributed by atoms with van der Waals surface area (Å²) in [5, 5.41) is 20.6. The van der Waals surface area contributed by atoms with Crippen molar-refractivity contribution in [2.24, 2.45) is 0 Å². The summed E-state index contributed by atoms with van der Waals surface area (Å²) in [6.07, 6.45) is -0.164. The summed E-state index contributed by atoms with van der Waals surface area (Å²) in [4.78, 5) is 2.39. The molecule has 2 aromatic rings. The summed E-state index contributed by atoms with van der Waals surface area (Å²) in [7, 11) is 0. The van der Waals surface area contributed by atoms with E-state index < -0.39 is 0 Å². The van der Waals surface area contributed by atoms with E-state index in [-0.39, 0.29) is 44.6 Å². The molecular weight excluding hydrogens is 549 g/mol. The van der Waals surface area contributed by atoms with Crippen LogP contribution in [0.5, 0.6) is 11.5 Å². The number of rotatable bonds is 8. The molecule has 1 saturated heterocycles. The third-order valence-corrected chi connectivity index (χ3v) is 9.79. The Morgan fingerprint density at radius 1 is 0.634 bits per heavy atom. The van der Waals surface area contributed by atoms with Crippen LogP contribution in [0.4, 0.5) is 0 Å². The smallest absolute Gasteiger partial charge is 0.126 e. The number of ether oxygens (including phenoxy) is 2. The fraction of sp³-hybridized carbons (Fsp3) is 0.657. The summed E-state index contributed by atoms with van der Waals surface area (Å²) < 4.78 is 11.9. The van der Waals surface area contributed by atoms with Crippen LogP contribution >= 0.6 is 23.5 Å². The quantitative estimate of drug-likeness (QED) is 0.178. The molecule has 2 N–H and O–H groups in total. The normalized spacial score (nSPS) is 18.5. The topological polar surface area (TPSA) is 62.2 Å². The number of phenolic OH excluding ortho intramolecular Hbond substituents is 1. The van der Waals surface area contributed by atoms with Crippen LogP contribution in [-0.4, -0.2) is 39.7 Å². The maximum atomic E-state index is 11.2. The molecule has 4 nitrogen and oxygen atoms in total. The Balaban J connectivity index is 2.02. The molecule has 1 heterocycles. The average molecular weight is 603 g/mol. The molecule has 0 aliphatic carbocycles. The first-order valence-corrected chi connectivity index (χ1v) is 16.4. The molecule has 1 aliphatic rings. The minimum Gasteiger partial charge on any atom is -0.507 e. The second-order valence-electron chi connectivity index (χ2n) is 16.0. The molecule has 0 aromatic heterocycles. The number of benzene rings is 2. The van der Waals surface area contributed by atoms with E-state index in [4.69, 9.17) is 9.47 Å². The Hall–Kier alpha value is -1.34. The van der Waals surface area contributed by atoms with E-state index in [2.05, 4.69) is 121 Å². The van der Waals surface area contributed by atoms with Gasteiger partial charge in [0.2, 0.25) is 0 Å². The number of epoxide rings is 1. The van der Waals surface area contributed by atoms with Crippen LogP contribution in [0.15, 0.2) is 34.1 Å². The fourth-order valence-electron chi connectivity index (χ4n) is 4.98. The molecule has 1 aliphatic heterocycles. The molecule has 0 amide bonds. The highest BCUT2D eigenvalue weighted by Crippen LogP contribution is 2.51. The maximum absolute atomic E-state index is 11.2. The molecule has 0 radical (unpaired) electrons. The van der Waals surface area contributed by atoms with Crippen LogP contribution in [0.2, 0.25) is 0 Å². The van der Waals surface area contributed by atoms with Gasteiger partial charge < -0.3 is 19.7 Å². The number of thioether (sulfide) groups is 2. The first kappa shape index (κ1) is 34.2. The molecule has 0 spiro atoms. The minimum atomic E-state index is -0.176. The molecule has 41 heavy (non-hydrogen) atoms. The van der Waals surface area contributed by atoms with Gasteiger partial charge in [0.15, 0.2) is 0 Å². The SMILES string of the molecule is CC(C)(Sc1cc(C(C)(C)C)c(O)c(C(C)(C)C)c1)Sc1cc(C(C)(C)C)c(OCC2OC2CO)c(C(C)(C)C)c1. The van der Waals surface area contributed by atoms with Crippen molar-refractivity contribution in [1.82, 2.24) is 0 Å². The van der Waals surface area contributed by atoms with Crippen molar-refractivity contribution in [3.8, 4) is 11.5 Å². The number of aliphatic hydroxyl groups is 1. The van der Waals surface area contributed by atoms with Gasteiger partial charge in [0, 0.05) is 32.0 Å². The lowest BCUT2D eigenvalue weighted by Gasteiger charge is -2.32. The molecule has 1 fully saturated rings. The maximum Gasteiger partial charge on any atom is 0.126 e. The monoisotopic (exact) mass is 602 g/mol. The fourth-order valence-corrected chi connectivity index (χ4v) is 7.57. The first-order chi connectivity index (χ1) is 18.4. The van der Waals surface area contributed by atoms with Gasteiger partial charge in [0.1, 0.15) is 30.3 Å². The van der Waals surface area contributed by atoms with Gasteiger partial charge in [0.25, 0.3) is 0 Å². The van der Waals surface area contributed by atoms with Crippen molar-refractivity contribution in [1.29, 1.82) is 0 Å². The van der Waals surface area contributed by atoms with Crippen molar-refractivity contribution in [3.05, 3.63) is 46.5 Å². The Labute approximate surface area is 258 Å². The van der Waals surface area contributed by atoms with Gasteiger partial charge in [-0.25, -0.2) is 0 Å². The predicted molar refractivity (Wildman–Crippen MR) is 176 cm³/mol. The zero-order valence-corrected chi connectivity index (χ0v) is 29.5. The van der Waals surface area contributed by atoms with Crippen molar-refractivity contribution in [2.45, 2.75) is 145 Å². The molecular formula is C35H54O4S2. The molecule has 2 unspecified atom stereocenters. The lowest BCUT2D eigenvalue weighted by atomic mass is 9.79. The standard InChI is InChI=1S/C35H54O4S2/c1-31(2,3)23-15-21(16-24(29(23)37)32(4,5)6)40-35(13,14)41-22-17-25(33(7,8)9)30(26(18-22)34(10,11)12)38-20-28-27(19-36)39-28/h15-18,27-28,36-37H,19-20H2,1-14H3. The predicted octanol–water partition coefficient (Wildman–Crippen LogP) is 9.34. The third-order valence-electron chi connectivity index (χ3n) is 7.36. The van der Waals surface area contributed by atoms with Crippen molar-refractivity contribution in [2.75, 3.05) is 13.2 Å². The Bertz CT molecular complexity index is 1170. The number of phenols is 1.